The molecule has 8 nitrogen and oxygen atoms in total. The number of aryl methyl sites for hydroxylation is 1. The summed E-state index contributed by atoms with van der Waals surface area (Å²) in [6.45, 7) is 7.51. The predicted molar refractivity (Wildman–Crippen MR) is 134 cm³/mol. The van der Waals surface area contributed by atoms with Crippen molar-refractivity contribution in [3.8, 4) is 16.9 Å². The number of ether oxygens (including phenoxy) is 1. The molecule has 2 aromatic heterocycles. The van der Waals surface area contributed by atoms with Crippen LogP contribution in [0.4, 0.5) is 0 Å². The van der Waals surface area contributed by atoms with Crippen LogP contribution in [0.25, 0.3) is 33.2 Å². The molecule has 1 aliphatic heterocycles. The van der Waals surface area contributed by atoms with E-state index >= 15 is 0 Å². The Morgan fingerprint density at radius 2 is 1.86 bits per heavy atom. The zero-order valence-electron chi connectivity index (χ0n) is 19.9. The smallest absolute Gasteiger partial charge is 0.254 e. The van der Waals surface area contributed by atoms with Crippen LogP contribution < -0.4 is 4.74 Å². The highest BCUT2D eigenvalue weighted by molar-refractivity contribution is 5.97. The van der Waals surface area contributed by atoms with Crippen LogP contribution in [0.2, 0.25) is 0 Å². The number of aromatic amines is 1. The lowest BCUT2D eigenvalue weighted by atomic mass is 10.0. The first-order valence-corrected chi connectivity index (χ1v) is 11.8. The second-order valence-electron chi connectivity index (χ2n) is 9.28. The van der Waals surface area contributed by atoms with Crippen molar-refractivity contribution < 1.29 is 9.53 Å². The van der Waals surface area contributed by atoms with E-state index in [-0.39, 0.29) is 11.9 Å². The van der Waals surface area contributed by atoms with Crippen molar-refractivity contribution in [2.24, 2.45) is 0 Å². The summed E-state index contributed by atoms with van der Waals surface area (Å²) in [4.78, 5) is 23.1. The fourth-order valence-corrected chi connectivity index (χ4v) is 4.70. The van der Waals surface area contributed by atoms with Crippen LogP contribution in [-0.4, -0.2) is 48.9 Å². The topological polar surface area (TPSA) is 88.9 Å². The zero-order valence-corrected chi connectivity index (χ0v) is 19.9. The van der Waals surface area contributed by atoms with Gasteiger partial charge in [-0.2, -0.15) is 0 Å². The van der Waals surface area contributed by atoms with Crippen molar-refractivity contribution in [2.45, 2.75) is 33.4 Å². The minimum absolute atomic E-state index is 0.0396. The van der Waals surface area contributed by atoms with Crippen LogP contribution >= 0.6 is 0 Å². The number of aromatic nitrogens is 5. The van der Waals surface area contributed by atoms with Crippen LogP contribution in [0.15, 0.2) is 54.6 Å². The number of nitrogens with zero attached hydrogens (tertiary/aromatic N) is 5. The average molecular weight is 467 g/mol. The van der Waals surface area contributed by atoms with Gasteiger partial charge in [0.25, 0.3) is 5.91 Å². The summed E-state index contributed by atoms with van der Waals surface area (Å²) in [5.41, 5.74) is 7.36. The first kappa shape index (κ1) is 21.3. The summed E-state index contributed by atoms with van der Waals surface area (Å²) in [6, 6.07) is 18.2. The number of imidazole rings is 1. The van der Waals surface area contributed by atoms with Crippen LogP contribution in [0.3, 0.4) is 0 Å². The molecule has 1 aliphatic rings. The molecule has 6 rings (SSSR count). The molecule has 1 N–H and O–H groups in total. The summed E-state index contributed by atoms with van der Waals surface area (Å²) in [7, 11) is 0. The fraction of sp³-hybridized carbons (Fsp3) is 0.259. The number of fused-ring (bicyclic) bond motifs is 3. The Kier molecular flexibility index (Phi) is 5.02. The number of nitrogens with one attached hydrogen (secondary N) is 1. The molecular formula is C27H26N6O2. The molecule has 3 aromatic carbocycles. The quantitative estimate of drug-likeness (QED) is 0.409. The van der Waals surface area contributed by atoms with Gasteiger partial charge in [-0.05, 0) is 74.4 Å². The highest BCUT2D eigenvalue weighted by atomic mass is 16.5. The SMILES string of the molecule is Cc1nc2ccc(-c3ccc4c(c3)CN(C(=O)c3ccc5c(c3)nnn5C(C)C)CCO4)cc2[nH]1. The van der Waals surface area contributed by atoms with Crippen molar-refractivity contribution in [3.05, 3.63) is 71.5 Å². The zero-order chi connectivity index (χ0) is 24.1. The normalized spacial score (nSPS) is 13.8. The molecular weight excluding hydrogens is 440 g/mol. The first-order valence-electron chi connectivity index (χ1n) is 11.8. The number of carbonyl (C=O) groups excluding carboxylic acids is 1. The van der Waals surface area contributed by atoms with Crippen LogP contribution in [0.1, 0.15) is 41.6 Å². The van der Waals surface area contributed by atoms with E-state index in [1.807, 2.05) is 46.8 Å². The van der Waals surface area contributed by atoms with E-state index in [0.717, 1.165) is 50.3 Å². The number of benzene rings is 3. The van der Waals surface area contributed by atoms with Crippen LogP contribution in [0, 0.1) is 6.92 Å². The third kappa shape index (κ3) is 3.80. The standard InChI is InChI=1S/C27H26N6O2/c1-16(2)33-25-8-5-20(14-24(25)30-31-33)27(34)32-10-11-35-26-9-6-18(12-21(26)15-32)19-4-7-22-23(13-19)29-17(3)28-22/h4-9,12-14,16H,10-11,15H2,1-3H3,(H,28,29). The molecule has 0 saturated carbocycles. The van der Waals surface area contributed by atoms with Gasteiger partial charge in [0.05, 0.1) is 23.1 Å². The number of H-pyrrole nitrogens is 1. The Balaban J connectivity index is 1.30. The molecule has 0 bridgehead atoms. The molecule has 3 heterocycles. The maximum absolute atomic E-state index is 13.5. The van der Waals surface area contributed by atoms with Crippen molar-refractivity contribution in [1.29, 1.82) is 0 Å². The Labute approximate surface area is 202 Å². The monoisotopic (exact) mass is 466 g/mol. The average Bonchev–Trinajstić information content (AvgIpc) is 3.38. The van der Waals surface area contributed by atoms with Gasteiger partial charge in [0.1, 0.15) is 23.7 Å². The Hall–Kier alpha value is -4.20. The van der Waals surface area contributed by atoms with E-state index in [0.29, 0.717) is 25.3 Å². The lowest BCUT2D eigenvalue weighted by molar-refractivity contribution is 0.0733. The van der Waals surface area contributed by atoms with Gasteiger partial charge in [0.2, 0.25) is 0 Å². The molecule has 0 aliphatic carbocycles. The molecule has 0 radical (unpaired) electrons. The number of rotatable bonds is 3. The van der Waals surface area contributed by atoms with E-state index in [1.54, 1.807) is 0 Å². The summed E-state index contributed by atoms with van der Waals surface area (Å²) in [5.74, 6) is 1.67. The lowest BCUT2D eigenvalue weighted by Gasteiger charge is -2.20. The van der Waals surface area contributed by atoms with Gasteiger partial charge < -0.3 is 14.6 Å². The van der Waals surface area contributed by atoms with E-state index in [4.69, 9.17) is 4.74 Å². The Morgan fingerprint density at radius 1 is 1.03 bits per heavy atom. The second kappa shape index (κ2) is 8.23. The molecule has 0 unspecified atom stereocenters. The number of carbonyl (C=O) groups is 1. The maximum atomic E-state index is 13.5. The molecule has 5 aromatic rings. The lowest BCUT2D eigenvalue weighted by Crippen LogP contribution is -2.32. The third-order valence-electron chi connectivity index (χ3n) is 6.47. The van der Waals surface area contributed by atoms with Gasteiger partial charge in [0.15, 0.2) is 0 Å². The fourth-order valence-electron chi connectivity index (χ4n) is 4.70. The van der Waals surface area contributed by atoms with Gasteiger partial charge in [0, 0.05) is 23.7 Å². The molecule has 0 saturated heterocycles. The number of hydrogen-bond acceptors (Lipinski definition) is 5. The van der Waals surface area contributed by atoms with Crippen molar-refractivity contribution in [2.75, 3.05) is 13.2 Å². The van der Waals surface area contributed by atoms with Crippen LogP contribution in [0.5, 0.6) is 5.75 Å². The molecule has 176 valence electrons. The minimum atomic E-state index is -0.0396. The molecule has 0 atom stereocenters. The maximum Gasteiger partial charge on any atom is 0.254 e. The van der Waals surface area contributed by atoms with E-state index in [9.17, 15) is 4.79 Å². The highest BCUT2D eigenvalue weighted by Gasteiger charge is 2.22. The minimum Gasteiger partial charge on any atom is -0.491 e. The predicted octanol–water partition coefficient (Wildman–Crippen LogP) is 4.90. The summed E-state index contributed by atoms with van der Waals surface area (Å²) >= 11 is 0. The molecule has 0 spiro atoms. The van der Waals surface area contributed by atoms with Crippen molar-refractivity contribution >= 4 is 28.0 Å². The second-order valence-corrected chi connectivity index (χ2v) is 9.28. The number of hydrogen-bond donors (Lipinski definition) is 1. The molecule has 1 amide bonds. The molecule has 8 heteroatoms. The van der Waals surface area contributed by atoms with E-state index < -0.39 is 0 Å². The largest absolute Gasteiger partial charge is 0.491 e. The number of amides is 1. The summed E-state index contributed by atoms with van der Waals surface area (Å²) < 4.78 is 7.86. The third-order valence-corrected chi connectivity index (χ3v) is 6.47. The van der Waals surface area contributed by atoms with Crippen LogP contribution in [-0.2, 0) is 6.54 Å². The Bertz CT molecular complexity index is 1580. The molecule has 35 heavy (non-hydrogen) atoms. The van der Waals surface area contributed by atoms with Gasteiger partial charge in [-0.25, -0.2) is 9.67 Å². The first-order chi connectivity index (χ1) is 17.0. The summed E-state index contributed by atoms with van der Waals surface area (Å²) in [6.07, 6.45) is 0. The Morgan fingerprint density at radius 3 is 2.71 bits per heavy atom. The van der Waals surface area contributed by atoms with E-state index in [2.05, 4.69) is 58.4 Å². The highest BCUT2D eigenvalue weighted by Crippen LogP contribution is 2.31. The van der Waals surface area contributed by atoms with Gasteiger partial charge in [-0.3, -0.25) is 4.79 Å². The van der Waals surface area contributed by atoms with Gasteiger partial charge in [-0.15, -0.1) is 5.10 Å². The van der Waals surface area contributed by atoms with E-state index in [1.165, 1.54) is 0 Å². The van der Waals surface area contributed by atoms with Gasteiger partial charge >= 0.3 is 0 Å². The van der Waals surface area contributed by atoms with Gasteiger partial charge in [-0.1, -0.05) is 17.3 Å². The summed E-state index contributed by atoms with van der Waals surface area (Å²) in [5, 5.41) is 8.49. The van der Waals surface area contributed by atoms with Crippen molar-refractivity contribution in [3.63, 3.8) is 0 Å². The molecule has 0 fully saturated rings. The van der Waals surface area contributed by atoms with Crippen molar-refractivity contribution in [1.82, 2.24) is 29.9 Å².